The normalized spacial score (nSPS) is 10.8. The Morgan fingerprint density at radius 1 is 1.24 bits per heavy atom. The number of thiocarbonyl (C=S) groups is 1. The van der Waals surface area contributed by atoms with Gasteiger partial charge < -0.3 is 40.2 Å². The zero-order valence-electron chi connectivity index (χ0n) is 11.8. The van der Waals surface area contributed by atoms with Gasteiger partial charge in [-0.2, -0.15) is 0 Å². The van der Waals surface area contributed by atoms with E-state index in [1.54, 1.807) is 4.90 Å². The molecule has 3 nitrogen and oxygen atoms in total. The summed E-state index contributed by atoms with van der Waals surface area (Å²) in [4.78, 5) is 1.68. The summed E-state index contributed by atoms with van der Waals surface area (Å²) in [7, 11) is 0. The van der Waals surface area contributed by atoms with Crippen LogP contribution in [-0.4, -0.2) is 42.2 Å². The van der Waals surface area contributed by atoms with E-state index in [2.05, 4.69) is 50.9 Å². The lowest BCUT2D eigenvalue weighted by atomic mass is 9.95. The quantitative estimate of drug-likeness (QED) is 0.485. The van der Waals surface area contributed by atoms with Crippen LogP contribution in [0, 0.1) is 5.41 Å². The van der Waals surface area contributed by atoms with E-state index in [-0.39, 0.29) is 12.0 Å². The molecule has 0 aliphatic heterocycles. The molecule has 0 saturated heterocycles. The van der Waals surface area contributed by atoms with Gasteiger partial charge in [-0.3, -0.25) is 0 Å². The van der Waals surface area contributed by atoms with Crippen molar-refractivity contribution >= 4 is 29.2 Å². The highest BCUT2D eigenvalue weighted by Crippen LogP contribution is 2.10. The van der Waals surface area contributed by atoms with Crippen LogP contribution in [0.5, 0.6) is 0 Å². The predicted octanol–water partition coefficient (Wildman–Crippen LogP) is 0.357. The molecule has 104 valence electrons. The van der Waals surface area contributed by atoms with Gasteiger partial charge in [-0.25, -0.2) is 0 Å². The Kier molecular flexibility index (Phi) is 12.7. The first-order chi connectivity index (χ1) is 7.82. The molecule has 17 heavy (non-hydrogen) atoms. The number of aliphatic hydroxyl groups excluding tert-OH is 1. The van der Waals surface area contributed by atoms with Crippen molar-refractivity contribution in [3.05, 3.63) is 0 Å². The molecule has 0 aliphatic carbocycles. The molecule has 0 aromatic heterocycles. The predicted molar refractivity (Wildman–Crippen MR) is 81.4 cm³/mol. The Labute approximate surface area is 117 Å². The van der Waals surface area contributed by atoms with Crippen LogP contribution in [0.3, 0.4) is 0 Å². The lowest BCUT2D eigenvalue weighted by Crippen LogP contribution is -3.11. The Bertz CT molecular complexity index is 189. The lowest BCUT2D eigenvalue weighted by Gasteiger charge is -2.23. The van der Waals surface area contributed by atoms with Crippen molar-refractivity contribution in [2.75, 3.05) is 32.8 Å². The summed E-state index contributed by atoms with van der Waals surface area (Å²) >= 11 is 9.27. The van der Waals surface area contributed by atoms with Crippen molar-refractivity contribution in [3.8, 4) is 0 Å². The highest BCUT2D eigenvalue weighted by atomic mass is 32.1. The smallest absolute Gasteiger partial charge is 0.0742 e. The minimum absolute atomic E-state index is 0.136. The van der Waals surface area contributed by atoms with Gasteiger partial charge >= 0.3 is 0 Å². The van der Waals surface area contributed by atoms with Crippen molar-refractivity contribution in [1.82, 2.24) is 5.32 Å². The fourth-order valence-corrected chi connectivity index (χ4v) is 1.26. The van der Waals surface area contributed by atoms with E-state index in [1.165, 1.54) is 19.6 Å². The molecule has 0 saturated carbocycles. The highest BCUT2D eigenvalue weighted by Gasteiger charge is 2.14. The van der Waals surface area contributed by atoms with Gasteiger partial charge in [-0.05, 0) is 20.8 Å². The Morgan fingerprint density at radius 3 is 1.82 bits per heavy atom. The van der Waals surface area contributed by atoms with E-state index in [9.17, 15) is 0 Å². The van der Waals surface area contributed by atoms with Crippen LogP contribution < -0.4 is 10.2 Å². The van der Waals surface area contributed by atoms with Gasteiger partial charge in [0.05, 0.1) is 19.6 Å². The molecular formula is C12H28N2OS2. The van der Waals surface area contributed by atoms with Crippen molar-refractivity contribution in [2.24, 2.45) is 5.41 Å². The SMILES string of the molecule is CC(C)(CO)CNC(=S)[S-].CC[NH+](CC)CC. The van der Waals surface area contributed by atoms with Crippen LogP contribution >= 0.6 is 12.2 Å². The third-order valence-corrected chi connectivity index (χ3v) is 2.93. The summed E-state index contributed by atoms with van der Waals surface area (Å²) in [6, 6.07) is 0. The van der Waals surface area contributed by atoms with E-state index in [1.807, 2.05) is 13.8 Å². The van der Waals surface area contributed by atoms with Gasteiger partial charge in [-0.15, -0.1) is 0 Å². The van der Waals surface area contributed by atoms with Gasteiger partial charge in [0.15, 0.2) is 0 Å². The molecule has 3 N–H and O–H groups in total. The lowest BCUT2D eigenvalue weighted by molar-refractivity contribution is -0.894. The van der Waals surface area contributed by atoms with Gasteiger partial charge in [0, 0.05) is 18.6 Å². The second-order valence-electron chi connectivity index (χ2n) is 4.77. The molecule has 0 aromatic rings. The van der Waals surface area contributed by atoms with Crippen LogP contribution in [0.15, 0.2) is 0 Å². The molecule has 0 bridgehead atoms. The molecule has 0 aliphatic rings. The molecule has 0 rings (SSSR count). The first-order valence-electron chi connectivity index (χ1n) is 6.22. The second-order valence-corrected chi connectivity index (χ2v) is 5.85. The van der Waals surface area contributed by atoms with Crippen LogP contribution in [0.25, 0.3) is 0 Å². The number of hydrogen-bond acceptors (Lipinski definition) is 3. The zero-order valence-corrected chi connectivity index (χ0v) is 13.4. The second kappa shape index (κ2) is 11.1. The number of aliphatic hydroxyl groups is 1. The van der Waals surface area contributed by atoms with E-state index >= 15 is 0 Å². The fraction of sp³-hybridized carbons (Fsp3) is 0.917. The van der Waals surface area contributed by atoms with Gasteiger partial charge in [0.1, 0.15) is 0 Å². The Hall–Kier alpha value is 0.0300. The van der Waals surface area contributed by atoms with Crippen molar-refractivity contribution in [3.63, 3.8) is 0 Å². The number of quaternary nitrogens is 1. The van der Waals surface area contributed by atoms with Crippen LogP contribution in [0.4, 0.5) is 0 Å². The first kappa shape index (κ1) is 19.4. The van der Waals surface area contributed by atoms with Crippen molar-refractivity contribution in [1.29, 1.82) is 0 Å². The zero-order chi connectivity index (χ0) is 13.9. The number of rotatable bonds is 6. The summed E-state index contributed by atoms with van der Waals surface area (Å²) in [5.41, 5.74) is -0.136. The van der Waals surface area contributed by atoms with Crippen LogP contribution in [0.2, 0.25) is 0 Å². The van der Waals surface area contributed by atoms with E-state index < -0.39 is 0 Å². The summed E-state index contributed by atoms with van der Waals surface area (Å²) < 4.78 is 0.363. The fourth-order valence-electron chi connectivity index (χ4n) is 1.12. The highest BCUT2D eigenvalue weighted by molar-refractivity contribution is 8.00. The molecule has 0 unspecified atom stereocenters. The van der Waals surface area contributed by atoms with Crippen LogP contribution in [-0.2, 0) is 12.6 Å². The molecule has 0 spiro atoms. The summed E-state index contributed by atoms with van der Waals surface area (Å²) in [6.45, 7) is 15.1. The molecule has 0 fully saturated rings. The Morgan fingerprint density at radius 2 is 1.65 bits per heavy atom. The van der Waals surface area contributed by atoms with Crippen molar-refractivity contribution < 1.29 is 10.0 Å². The topological polar surface area (TPSA) is 36.7 Å². The monoisotopic (exact) mass is 280 g/mol. The maximum atomic E-state index is 8.79. The maximum Gasteiger partial charge on any atom is 0.0742 e. The third kappa shape index (κ3) is 14.0. The summed E-state index contributed by atoms with van der Waals surface area (Å²) in [5, 5.41) is 11.6. The summed E-state index contributed by atoms with van der Waals surface area (Å²) in [6.07, 6.45) is 0. The average molecular weight is 281 g/mol. The average Bonchev–Trinajstić information content (AvgIpc) is 2.30. The molecule has 0 radical (unpaired) electrons. The molecule has 5 heteroatoms. The minimum atomic E-state index is -0.136. The summed E-state index contributed by atoms with van der Waals surface area (Å²) in [5.74, 6) is 0. The van der Waals surface area contributed by atoms with Crippen LogP contribution in [0.1, 0.15) is 34.6 Å². The first-order valence-corrected chi connectivity index (χ1v) is 7.03. The standard InChI is InChI=1S/C6H13NOS2.C6H15N/c1-6(2,4-8)3-7-5(9)10;1-4-7(5-2)6-3/h8H,3-4H2,1-2H3,(H2,7,9,10);4-6H2,1-3H3. The number of nitrogens with one attached hydrogen (secondary N) is 2. The molecule has 0 heterocycles. The van der Waals surface area contributed by atoms with Gasteiger partial charge in [0.25, 0.3) is 0 Å². The van der Waals surface area contributed by atoms with Gasteiger partial charge in [-0.1, -0.05) is 18.2 Å². The van der Waals surface area contributed by atoms with Gasteiger partial charge in [0.2, 0.25) is 0 Å². The maximum absolute atomic E-state index is 8.79. The van der Waals surface area contributed by atoms with E-state index in [4.69, 9.17) is 5.11 Å². The molecule has 0 amide bonds. The minimum Gasteiger partial charge on any atom is -0.412 e. The van der Waals surface area contributed by atoms with Crippen molar-refractivity contribution in [2.45, 2.75) is 34.6 Å². The third-order valence-electron chi connectivity index (χ3n) is 2.64. The molecule has 0 aromatic carbocycles. The Balaban J connectivity index is 0. The largest absolute Gasteiger partial charge is 0.412 e. The molecule has 0 atom stereocenters. The van der Waals surface area contributed by atoms with E-state index in [0.29, 0.717) is 10.9 Å². The van der Waals surface area contributed by atoms with E-state index in [0.717, 1.165) is 0 Å². The molecular weight excluding hydrogens is 252 g/mol. The number of hydrogen-bond donors (Lipinski definition) is 3.